The molecule has 1 N–H and O–H groups in total. The average molecular weight is 239 g/mol. The molecule has 94 valence electrons. The molecule has 1 unspecified atom stereocenters. The Kier molecular flexibility index (Phi) is 3.64. The van der Waals surface area contributed by atoms with Crippen LogP contribution in [0.4, 0.5) is 4.39 Å². The number of ether oxygens (including phenoxy) is 2. The van der Waals surface area contributed by atoms with Gasteiger partial charge < -0.3 is 14.8 Å². The summed E-state index contributed by atoms with van der Waals surface area (Å²) in [5, 5.41) is 3.31. The lowest BCUT2D eigenvalue weighted by atomic mass is 9.83. The van der Waals surface area contributed by atoms with Crippen LogP contribution >= 0.6 is 0 Å². The third-order valence-electron chi connectivity index (χ3n) is 3.21. The molecule has 3 nitrogen and oxygen atoms in total. The molecule has 0 bridgehead atoms. The Labute approximate surface area is 101 Å². The fraction of sp³-hybridized carbons (Fsp3) is 0.538. The number of hydrogen-bond donors (Lipinski definition) is 1. The molecule has 0 radical (unpaired) electrons. The highest BCUT2D eigenvalue weighted by Crippen LogP contribution is 2.28. The Morgan fingerprint density at radius 3 is 3.00 bits per heavy atom. The second-order valence-electron chi connectivity index (χ2n) is 4.64. The smallest absolute Gasteiger partial charge is 0.165 e. The molecule has 0 aromatic heterocycles. The van der Waals surface area contributed by atoms with Gasteiger partial charge in [0, 0.05) is 18.5 Å². The summed E-state index contributed by atoms with van der Waals surface area (Å²) >= 11 is 0. The number of rotatable bonds is 2. The second kappa shape index (κ2) is 5.02. The van der Waals surface area contributed by atoms with Crippen molar-refractivity contribution in [3.05, 3.63) is 29.6 Å². The molecule has 0 saturated carbocycles. The van der Waals surface area contributed by atoms with E-state index in [0.29, 0.717) is 13.2 Å². The van der Waals surface area contributed by atoms with E-state index >= 15 is 0 Å². The largest absolute Gasteiger partial charge is 0.494 e. The molecule has 0 aliphatic carbocycles. The van der Waals surface area contributed by atoms with Crippen LogP contribution in [-0.2, 0) is 10.2 Å². The fourth-order valence-corrected chi connectivity index (χ4v) is 2.08. The summed E-state index contributed by atoms with van der Waals surface area (Å²) in [5.41, 5.74) is 0.745. The summed E-state index contributed by atoms with van der Waals surface area (Å²) in [6, 6.07) is 5.11. The van der Waals surface area contributed by atoms with Crippen LogP contribution in [0.3, 0.4) is 0 Å². The Balaban J connectivity index is 2.28. The molecule has 4 heteroatoms. The van der Waals surface area contributed by atoms with Gasteiger partial charge in [-0.2, -0.15) is 0 Å². The van der Waals surface area contributed by atoms with Gasteiger partial charge in [0.15, 0.2) is 11.6 Å². The molecule has 1 saturated heterocycles. The maximum absolute atomic E-state index is 13.7. The predicted molar refractivity (Wildman–Crippen MR) is 64.0 cm³/mol. The summed E-state index contributed by atoms with van der Waals surface area (Å²) in [6.45, 7) is 5.01. The third-order valence-corrected chi connectivity index (χ3v) is 3.21. The topological polar surface area (TPSA) is 30.5 Å². The zero-order valence-electron chi connectivity index (χ0n) is 10.3. The van der Waals surface area contributed by atoms with Crippen LogP contribution in [0.25, 0.3) is 0 Å². The first-order valence-electron chi connectivity index (χ1n) is 5.78. The van der Waals surface area contributed by atoms with Gasteiger partial charge in [-0.3, -0.25) is 0 Å². The minimum absolute atomic E-state index is 0.191. The first kappa shape index (κ1) is 12.3. The van der Waals surface area contributed by atoms with Crippen LogP contribution in [-0.4, -0.2) is 33.4 Å². The van der Waals surface area contributed by atoms with E-state index in [4.69, 9.17) is 9.47 Å². The van der Waals surface area contributed by atoms with Crippen LogP contribution in [0.2, 0.25) is 0 Å². The Hall–Kier alpha value is -1.13. The van der Waals surface area contributed by atoms with E-state index in [1.165, 1.54) is 13.2 Å². The number of benzene rings is 1. The normalized spacial score (nSPS) is 25.4. The number of nitrogens with one attached hydrogen (secondary N) is 1. The predicted octanol–water partition coefficient (Wildman–Crippen LogP) is 1.71. The molecular weight excluding hydrogens is 221 g/mol. The van der Waals surface area contributed by atoms with E-state index in [0.717, 1.165) is 18.7 Å². The van der Waals surface area contributed by atoms with Crippen LogP contribution in [0.5, 0.6) is 5.75 Å². The van der Waals surface area contributed by atoms with E-state index in [2.05, 4.69) is 12.2 Å². The van der Waals surface area contributed by atoms with Gasteiger partial charge in [0.1, 0.15) is 0 Å². The van der Waals surface area contributed by atoms with Crippen LogP contribution in [0.1, 0.15) is 12.5 Å². The van der Waals surface area contributed by atoms with Gasteiger partial charge in [-0.25, -0.2) is 4.39 Å². The highest BCUT2D eigenvalue weighted by atomic mass is 19.1. The molecule has 17 heavy (non-hydrogen) atoms. The van der Waals surface area contributed by atoms with Gasteiger partial charge in [0.2, 0.25) is 0 Å². The summed E-state index contributed by atoms with van der Waals surface area (Å²) in [6.07, 6.45) is 0. The summed E-state index contributed by atoms with van der Waals surface area (Å²) < 4.78 is 24.2. The van der Waals surface area contributed by atoms with Crippen molar-refractivity contribution in [3.63, 3.8) is 0 Å². The minimum Gasteiger partial charge on any atom is -0.494 e. The van der Waals surface area contributed by atoms with E-state index in [9.17, 15) is 4.39 Å². The van der Waals surface area contributed by atoms with Crippen molar-refractivity contribution in [2.24, 2.45) is 0 Å². The minimum atomic E-state index is -0.324. The van der Waals surface area contributed by atoms with E-state index in [-0.39, 0.29) is 17.0 Å². The Morgan fingerprint density at radius 1 is 1.47 bits per heavy atom. The molecule has 0 spiro atoms. The molecule has 1 aliphatic heterocycles. The molecule has 1 aliphatic rings. The van der Waals surface area contributed by atoms with Crippen molar-refractivity contribution in [2.75, 3.05) is 33.4 Å². The zero-order chi connectivity index (χ0) is 12.3. The molecule has 0 amide bonds. The van der Waals surface area contributed by atoms with E-state index in [1.807, 2.05) is 6.07 Å². The summed E-state index contributed by atoms with van der Waals surface area (Å²) in [4.78, 5) is 0. The van der Waals surface area contributed by atoms with Gasteiger partial charge in [0.05, 0.1) is 20.3 Å². The lowest BCUT2D eigenvalue weighted by Gasteiger charge is -2.28. The quantitative estimate of drug-likeness (QED) is 0.852. The van der Waals surface area contributed by atoms with Gasteiger partial charge in [-0.05, 0) is 17.7 Å². The van der Waals surface area contributed by atoms with Crippen LogP contribution in [0, 0.1) is 5.82 Å². The lowest BCUT2D eigenvalue weighted by Crippen LogP contribution is -2.36. The summed E-state index contributed by atoms with van der Waals surface area (Å²) in [5.74, 6) is -0.0460. The molecule has 2 rings (SSSR count). The number of methoxy groups -OCH3 is 1. The maximum atomic E-state index is 13.7. The van der Waals surface area contributed by atoms with Gasteiger partial charge in [0.25, 0.3) is 0 Å². The van der Waals surface area contributed by atoms with Crippen molar-refractivity contribution in [1.29, 1.82) is 0 Å². The average Bonchev–Trinajstić information content (AvgIpc) is 2.55. The maximum Gasteiger partial charge on any atom is 0.165 e. The highest BCUT2D eigenvalue weighted by molar-refractivity contribution is 5.34. The van der Waals surface area contributed by atoms with Gasteiger partial charge in [-0.15, -0.1) is 0 Å². The third kappa shape index (κ3) is 2.58. The molecule has 1 heterocycles. The molecular formula is C13H18FNO2. The highest BCUT2D eigenvalue weighted by Gasteiger charge is 2.29. The first-order chi connectivity index (χ1) is 8.15. The van der Waals surface area contributed by atoms with Crippen molar-refractivity contribution in [1.82, 2.24) is 5.32 Å². The first-order valence-corrected chi connectivity index (χ1v) is 5.78. The molecule has 1 atom stereocenters. The van der Waals surface area contributed by atoms with E-state index < -0.39 is 0 Å². The SMILES string of the molecule is COc1ccc(C2(C)CNCCOC2)cc1F. The fourth-order valence-electron chi connectivity index (χ4n) is 2.08. The van der Waals surface area contributed by atoms with Crippen LogP contribution in [0.15, 0.2) is 18.2 Å². The molecule has 1 fully saturated rings. The molecule has 1 aromatic rings. The van der Waals surface area contributed by atoms with Crippen molar-refractivity contribution < 1.29 is 13.9 Å². The number of hydrogen-bond acceptors (Lipinski definition) is 3. The van der Waals surface area contributed by atoms with E-state index in [1.54, 1.807) is 6.07 Å². The molecule has 1 aromatic carbocycles. The van der Waals surface area contributed by atoms with Gasteiger partial charge >= 0.3 is 0 Å². The lowest BCUT2D eigenvalue weighted by molar-refractivity contribution is 0.113. The van der Waals surface area contributed by atoms with Crippen molar-refractivity contribution in [2.45, 2.75) is 12.3 Å². The standard InChI is InChI=1S/C13H18FNO2/c1-13(8-15-5-6-17-9-13)10-3-4-12(16-2)11(14)7-10/h3-4,7,15H,5-6,8-9H2,1-2H3. The zero-order valence-corrected chi connectivity index (χ0v) is 10.3. The van der Waals surface area contributed by atoms with Gasteiger partial charge in [-0.1, -0.05) is 13.0 Å². The number of halogens is 1. The van der Waals surface area contributed by atoms with Crippen LogP contribution < -0.4 is 10.1 Å². The summed E-state index contributed by atoms with van der Waals surface area (Å²) in [7, 11) is 1.47. The second-order valence-corrected chi connectivity index (χ2v) is 4.64. The Morgan fingerprint density at radius 2 is 2.29 bits per heavy atom. The van der Waals surface area contributed by atoms with Crippen molar-refractivity contribution >= 4 is 0 Å². The van der Waals surface area contributed by atoms with Crippen molar-refractivity contribution in [3.8, 4) is 5.75 Å². The monoisotopic (exact) mass is 239 g/mol. The Bertz CT molecular complexity index is 387.